The highest BCUT2D eigenvalue weighted by Crippen LogP contribution is 2.19. The number of hydrogen-bond donors (Lipinski definition) is 4. The average Bonchev–Trinajstić information content (AvgIpc) is 2.62. The number of alkyl carbamates (subject to hydrolysis) is 1. The number of carbonyl (C=O) groups excluding carboxylic acids is 2. The molecule has 0 bridgehead atoms. The SMILES string of the molecule is CCNC(=NCC(=O)Nc1ccc(F)c(F)c1F)NCCNC(=O)OC(C)(C)C. The summed E-state index contributed by atoms with van der Waals surface area (Å²) in [5.41, 5.74) is -1.09. The Balaban J connectivity index is 2.51. The summed E-state index contributed by atoms with van der Waals surface area (Å²) in [6, 6.07) is 1.63. The van der Waals surface area contributed by atoms with Gasteiger partial charge in [-0.15, -0.1) is 0 Å². The molecule has 4 N–H and O–H groups in total. The van der Waals surface area contributed by atoms with Gasteiger partial charge in [-0.25, -0.2) is 23.0 Å². The van der Waals surface area contributed by atoms with Crippen LogP contribution in [0.5, 0.6) is 0 Å². The van der Waals surface area contributed by atoms with Crippen LogP contribution in [0.1, 0.15) is 27.7 Å². The van der Waals surface area contributed by atoms with E-state index in [1.807, 2.05) is 6.92 Å². The maximum absolute atomic E-state index is 13.6. The zero-order valence-corrected chi connectivity index (χ0v) is 16.8. The number of guanidine groups is 1. The van der Waals surface area contributed by atoms with Crippen molar-refractivity contribution in [3.8, 4) is 0 Å². The number of aliphatic imine (C=N–C) groups is 1. The molecular weight excluding hydrogens is 391 g/mol. The van der Waals surface area contributed by atoms with Crippen LogP contribution >= 0.6 is 0 Å². The van der Waals surface area contributed by atoms with E-state index in [0.717, 1.165) is 6.07 Å². The smallest absolute Gasteiger partial charge is 0.407 e. The van der Waals surface area contributed by atoms with Crippen molar-refractivity contribution in [1.82, 2.24) is 16.0 Å². The fourth-order valence-electron chi connectivity index (χ4n) is 1.96. The third-order valence-electron chi connectivity index (χ3n) is 3.12. The van der Waals surface area contributed by atoms with Crippen molar-refractivity contribution in [1.29, 1.82) is 0 Å². The zero-order chi connectivity index (χ0) is 22.0. The molecule has 0 radical (unpaired) electrons. The Bertz CT molecular complexity index is 751. The molecule has 0 aliphatic heterocycles. The van der Waals surface area contributed by atoms with Gasteiger partial charge in [0.15, 0.2) is 23.4 Å². The number of halogens is 3. The van der Waals surface area contributed by atoms with Gasteiger partial charge in [0.2, 0.25) is 5.91 Å². The molecule has 0 saturated carbocycles. The molecule has 1 aromatic carbocycles. The van der Waals surface area contributed by atoms with E-state index in [9.17, 15) is 22.8 Å². The topological polar surface area (TPSA) is 104 Å². The predicted molar refractivity (Wildman–Crippen MR) is 103 cm³/mol. The highest BCUT2D eigenvalue weighted by molar-refractivity contribution is 5.94. The van der Waals surface area contributed by atoms with Crippen molar-refractivity contribution in [3.63, 3.8) is 0 Å². The number of rotatable bonds is 7. The van der Waals surface area contributed by atoms with Crippen LogP contribution < -0.4 is 21.3 Å². The Morgan fingerprint density at radius 3 is 2.31 bits per heavy atom. The van der Waals surface area contributed by atoms with E-state index in [4.69, 9.17) is 4.74 Å². The van der Waals surface area contributed by atoms with E-state index < -0.39 is 47.3 Å². The largest absolute Gasteiger partial charge is 0.444 e. The minimum absolute atomic E-state index is 0.242. The molecule has 0 heterocycles. The third kappa shape index (κ3) is 9.17. The molecule has 29 heavy (non-hydrogen) atoms. The second kappa shape index (κ2) is 11.1. The van der Waals surface area contributed by atoms with Gasteiger partial charge < -0.3 is 26.0 Å². The Morgan fingerprint density at radius 1 is 1.03 bits per heavy atom. The van der Waals surface area contributed by atoms with E-state index in [1.54, 1.807) is 20.8 Å². The van der Waals surface area contributed by atoms with E-state index in [-0.39, 0.29) is 12.5 Å². The lowest BCUT2D eigenvalue weighted by atomic mass is 10.2. The molecule has 8 nitrogen and oxygen atoms in total. The number of amides is 2. The first-order valence-electron chi connectivity index (χ1n) is 8.96. The van der Waals surface area contributed by atoms with Crippen LogP contribution in [0.15, 0.2) is 17.1 Å². The summed E-state index contributed by atoms with van der Waals surface area (Å²) in [4.78, 5) is 27.4. The van der Waals surface area contributed by atoms with Crippen molar-refractivity contribution in [2.24, 2.45) is 4.99 Å². The van der Waals surface area contributed by atoms with Crippen molar-refractivity contribution in [2.75, 3.05) is 31.5 Å². The quantitative estimate of drug-likeness (QED) is 0.236. The second-order valence-corrected chi connectivity index (χ2v) is 6.82. The number of hydrogen-bond acceptors (Lipinski definition) is 4. The molecule has 11 heteroatoms. The Labute approximate surface area is 167 Å². The normalized spacial score (nSPS) is 11.6. The second-order valence-electron chi connectivity index (χ2n) is 6.82. The van der Waals surface area contributed by atoms with Gasteiger partial charge in [-0.05, 0) is 39.8 Å². The summed E-state index contributed by atoms with van der Waals surface area (Å²) >= 11 is 0. The van der Waals surface area contributed by atoms with E-state index in [0.29, 0.717) is 19.2 Å². The summed E-state index contributed by atoms with van der Waals surface area (Å²) in [5, 5.41) is 10.5. The first-order chi connectivity index (χ1) is 13.5. The first-order valence-corrected chi connectivity index (χ1v) is 8.96. The molecule has 0 aromatic heterocycles. The van der Waals surface area contributed by atoms with E-state index in [1.165, 1.54) is 0 Å². The number of anilines is 1. The monoisotopic (exact) mass is 417 g/mol. The van der Waals surface area contributed by atoms with Crippen LogP contribution in [-0.4, -0.2) is 49.7 Å². The molecule has 2 amide bonds. The lowest BCUT2D eigenvalue weighted by Crippen LogP contribution is -2.42. The zero-order valence-electron chi connectivity index (χ0n) is 16.8. The van der Waals surface area contributed by atoms with Gasteiger partial charge in [-0.1, -0.05) is 0 Å². The standard InChI is InChI=1S/C18H26F3N5O3/c1-5-22-16(23-8-9-24-17(28)29-18(2,3)4)25-10-13(27)26-12-7-6-11(19)14(20)15(12)21/h6-7H,5,8-10H2,1-4H3,(H,24,28)(H,26,27)(H2,22,23,25). The molecule has 1 rings (SSSR count). The number of benzene rings is 1. The molecule has 162 valence electrons. The van der Waals surface area contributed by atoms with Gasteiger partial charge >= 0.3 is 6.09 Å². The van der Waals surface area contributed by atoms with E-state index >= 15 is 0 Å². The summed E-state index contributed by atoms with van der Waals surface area (Å²) in [7, 11) is 0. The molecule has 0 saturated heterocycles. The maximum Gasteiger partial charge on any atom is 0.407 e. The summed E-state index contributed by atoms with van der Waals surface area (Å²) < 4.78 is 44.8. The van der Waals surface area contributed by atoms with Gasteiger partial charge in [-0.3, -0.25) is 4.79 Å². The molecule has 0 unspecified atom stereocenters. The highest BCUT2D eigenvalue weighted by atomic mass is 19.2. The van der Waals surface area contributed by atoms with Gasteiger partial charge in [0.05, 0.1) is 5.69 Å². The third-order valence-corrected chi connectivity index (χ3v) is 3.12. The molecule has 0 aliphatic rings. The minimum Gasteiger partial charge on any atom is -0.444 e. The lowest BCUT2D eigenvalue weighted by molar-refractivity contribution is -0.114. The summed E-state index contributed by atoms with van der Waals surface area (Å²) in [6.45, 7) is 7.70. The lowest BCUT2D eigenvalue weighted by Gasteiger charge is -2.19. The van der Waals surface area contributed by atoms with Crippen molar-refractivity contribution >= 4 is 23.6 Å². The molecular formula is C18H26F3N5O3. The summed E-state index contributed by atoms with van der Waals surface area (Å²) in [5.74, 6) is -4.95. The van der Waals surface area contributed by atoms with Crippen LogP contribution in [0.3, 0.4) is 0 Å². The maximum atomic E-state index is 13.6. The summed E-state index contributed by atoms with van der Waals surface area (Å²) in [6.07, 6.45) is -0.561. The average molecular weight is 417 g/mol. The minimum atomic E-state index is -1.67. The van der Waals surface area contributed by atoms with E-state index in [2.05, 4.69) is 26.3 Å². The number of ether oxygens (including phenoxy) is 1. The number of carbonyl (C=O) groups is 2. The van der Waals surface area contributed by atoms with Gasteiger partial charge in [0, 0.05) is 19.6 Å². The molecule has 1 aromatic rings. The Morgan fingerprint density at radius 2 is 1.69 bits per heavy atom. The molecule has 0 atom stereocenters. The van der Waals surface area contributed by atoms with Gasteiger partial charge in [-0.2, -0.15) is 0 Å². The van der Waals surface area contributed by atoms with Crippen LogP contribution in [-0.2, 0) is 9.53 Å². The Hall–Kier alpha value is -2.98. The van der Waals surface area contributed by atoms with Gasteiger partial charge in [0.1, 0.15) is 12.1 Å². The highest BCUT2D eigenvalue weighted by Gasteiger charge is 2.16. The van der Waals surface area contributed by atoms with Crippen LogP contribution in [0.2, 0.25) is 0 Å². The fourth-order valence-corrected chi connectivity index (χ4v) is 1.96. The predicted octanol–water partition coefficient (Wildman–Crippen LogP) is 2.12. The van der Waals surface area contributed by atoms with Crippen molar-refractivity contribution in [3.05, 3.63) is 29.6 Å². The number of nitrogens with zero attached hydrogens (tertiary/aromatic N) is 1. The van der Waals surface area contributed by atoms with Crippen molar-refractivity contribution in [2.45, 2.75) is 33.3 Å². The van der Waals surface area contributed by atoms with Gasteiger partial charge in [0.25, 0.3) is 0 Å². The molecule has 0 spiro atoms. The Kier molecular flexibility index (Phi) is 9.23. The number of nitrogens with one attached hydrogen (secondary N) is 4. The molecule has 0 aliphatic carbocycles. The van der Waals surface area contributed by atoms with Crippen LogP contribution in [0.4, 0.5) is 23.7 Å². The van der Waals surface area contributed by atoms with Crippen molar-refractivity contribution < 1.29 is 27.5 Å². The van der Waals surface area contributed by atoms with Crippen LogP contribution in [0, 0.1) is 17.5 Å². The van der Waals surface area contributed by atoms with Crippen LogP contribution in [0.25, 0.3) is 0 Å². The first kappa shape index (κ1) is 24.1. The fraction of sp³-hybridized carbons (Fsp3) is 0.500. The molecule has 0 fully saturated rings.